The summed E-state index contributed by atoms with van der Waals surface area (Å²) in [5.74, 6) is -8.93. The molecule has 6 aromatic rings. The van der Waals surface area contributed by atoms with Crippen LogP contribution in [0.2, 0.25) is 0 Å². The van der Waals surface area contributed by atoms with Crippen molar-refractivity contribution in [3.05, 3.63) is 212 Å². The number of ether oxygens (including phenoxy) is 8. The zero-order chi connectivity index (χ0) is 91.7. The number of amides is 3. The van der Waals surface area contributed by atoms with Gasteiger partial charge >= 0.3 is 144 Å². The van der Waals surface area contributed by atoms with Crippen molar-refractivity contribution < 1.29 is 226 Å². The van der Waals surface area contributed by atoms with Crippen LogP contribution >= 0.6 is 47.8 Å². The standard InChI is InChI=1S/C19H25NO7.C12H15NO4.2C10H11BrO2.C10H13NO3.C9H15NO5.C8H9BrO.C4H6O3.CH2O3.CH4.Al.Li.2Na.5H/c1-5-25-17(23)19(20-13(3)21,18(24)26-6-2)11-15-7-9-16(10-8-15)12-27-14(4)22;1-8(15)13-11(12(16)17)6-9-2-4-10(7-14)5-3-9;1-8(12)13-7-10-4-2-9(6-11)3-5-10;1-2-13-10(12)9-5-3-8(7-11)4-6-9;11-9(10(13)14)5-7-1-3-8(6-12)4-2-7;1-4-14-8(12)7(10-6(3)11)9(13)15-5-2;9-5-7-1-3-8(6-10)4-2-7;1-3(5)7-4(2)6;2-1-4-3;;;;;;;;;;/h7-10H,5-6,11-12H2,1-4H3,(H,20,21);2-5,11,14H,6-7H2,1H3,(H,13,15)(H,16,17);2-5H,6-7H2,1H3;3-6H,2,7H2,1H3;1-4,9,12H,5-6,11H2,(H,13,14);7H,4-5H2,1-3H3,(H,10,11);1-4,10H,5-6H2;1-2H3;1,3H;1H4;;;;;;;;;/q;;;;;;;;;;;3*+1;;;;2*-1/p-1/t;;;;9-;;;;;;;;;;;;;;/m....0............../s1. The van der Waals surface area contributed by atoms with Gasteiger partial charge in [0.15, 0.2) is 17.4 Å². The first-order valence-corrected chi connectivity index (χ1v) is 39.8. The number of carbonyl (C=O) groups is 15. The van der Waals surface area contributed by atoms with E-state index in [4.69, 9.17) is 65.0 Å². The molecule has 0 saturated heterocycles. The van der Waals surface area contributed by atoms with E-state index < -0.39 is 89.2 Å². The Bertz CT molecular complexity index is 4040. The summed E-state index contributed by atoms with van der Waals surface area (Å²) in [5.41, 5.74) is 14.1. The molecular weight excluding hydrogens is 1860 g/mol. The van der Waals surface area contributed by atoms with Gasteiger partial charge in [-0.25, -0.2) is 28.8 Å². The molecule has 10 N–H and O–H groups in total. The molecule has 6 aromatic carbocycles. The third-order valence-electron chi connectivity index (χ3n) is 14.2. The van der Waals surface area contributed by atoms with Crippen LogP contribution in [0.4, 0.5) is 0 Å². The Hall–Kier alpha value is -8.06. The van der Waals surface area contributed by atoms with Gasteiger partial charge in [0.1, 0.15) is 25.3 Å². The molecule has 34 nitrogen and oxygen atoms in total. The zero-order valence-corrected chi connectivity index (χ0v) is 80.4. The Morgan fingerprint density at radius 1 is 0.432 bits per heavy atom. The first kappa shape index (κ1) is 132. The molecule has 678 valence electrons. The van der Waals surface area contributed by atoms with Crippen LogP contribution in [0.1, 0.15) is 165 Å². The Kier molecular flexibility index (Phi) is 85.3. The predicted molar refractivity (Wildman–Crippen MR) is 462 cm³/mol. The predicted octanol–water partition coefficient (Wildman–Crippen LogP) is -1.95. The molecule has 0 bridgehead atoms. The van der Waals surface area contributed by atoms with Crippen LogP contribution in [0.15, 0.2) is 146 Å². The Balaban J connectivity index is -0.000000155. The van der Waals surface area contributed by atoms with Gasteiger partial charge in [0.25, 0.3) is 6.47 Å². The maximum absolute atomic E-state index is 12.6. The van der Waals surface area contributed by atoms with Crippen molar-refractivity contribution >= 4 is 155 Å². The number of halogens is 3. The smallest absolute Gasteiger partial charge is 1.00 e. The van der Waals surface area contributed by atoms with Gasteiger partial charge in [-0.3, -0.25) is 43.2 Å². The van der Waals surface area contributed by atoms with E-state index in [0.29, 0.717) is 30.8 Å². The van der Waals surface area contributed by atoms with Gasteiger partial charge in [-0.1, -0.05) is 189 Å². The molecule has 2 atom stereocenters. The normalized spacial score (nSPS) is 9.86. The number of nitrogens with one attached hydrogen (secondary N) is 3. The van der Waals surface area contributed by atoms with E-state index >= 15 is 0 Å². The van der Waals surface area contributed by atoms with Gasteiger partial charge in [0.2, 0.25) is 29.3 Å². The van der Waals surface area contributed by atoms with E-state index in [-0.39, 0.29) is 196 Å². The fourth-order valence-electron chi connectivity index (χ4n) is 8.67. The molecule has 125 heavy (non-hydrogen) atoms. The fourth-order valence-corrected chi connectivity index (χ4v) is 9.79. The number of rotatable bonds is 32. The number of nitrogens with two attached hydrogens (primary N) is 1. The number of hydrogen-bond donors (Lipinski definition) is 9. The number of aliphatic hydroxyl groups excluding tert-OH is 3. The molecule has 0 spiro atoms. The van der Waals surface area contributed by atoms with Crippen molar-refractivity contribution in [1.29, 1.82) is 0 Å². The molecule has 3 amide bonds. The number of aliphatic hydroxyl groups is 3. The SMILES string of the molecule is C.CC(=O)NC(Cc1ccc(CO)cc1)C(=O)O.CC(=O)OC(C)=O.CC(=O)OCc1ccc(CBr)cc1.CCOC(=O)C(Cc1ccc(COC(C)=O)cc1)(NC(C)=O)C(=O)OCC.CCOC(=O)C(NC(C)=O)C(=O)OCC.CCOC(=O)c1ccc(CBr)cc1.N[C@@H](Cc1ccc(CO)cc1)C(=O)O.O=CO[O-].OCc1ccc(CBr)cc1.[AlH3].[H-].[H-].[Li+].[Na+].[Na+]. The maximum atomic E-state index is 12.6. The molecule has 0 aliphatic rings. The van der Waals surface area contributed by atoms with Crippen molar-refractivity contribution in [2.45, 2.75) is 182 Å². The first-order chi connectivity index (χ1) is 56.8. The molecule has 41 heteroatoms. The van der Waals surface area contributed by atoms with Crippen molar-refractivity contribution in [1.82, 2.24) is 16.0 Å². The van der Waals surface area contributed by atoms with Crippen LogP contribution in [0.25, 0.3) is 0 Å². The number of aliphatic carboxylic acids is 2. The molecule has 0 radical (unpaired) electrons. The maximum Gasteiger partial charge on any atom is 1.00 e. The summed E-state index contributed by atoms with van der Waals surface area (Å²) >= 11 is 10.0. The quantitative estimate of drug-likeness (QED) is 0.00324. The summed E-state index contributed by atoms with van der Waals surface area (Å²) in [6, 6.07) is 40.7. The van der Waals surface area contributed by atoms with Gasteiger partial charge in [0, 0.05) is 77.3 Å². The first-order valence-electron chi connectivity index (χ1n) is 36.4. The fraction of sp³-hybridized carbons (Fsp3) is 0.393. The average molecular weight is 1980 g/mol. The number of hydrogen-bond acceptors (Lipinski definition) is 29. The molecule has 0 aliphatic heterocycles. The van der Waals surface area contributed by atoms with Crippen LogP contribution < -0.4 is 105 Å². The van der Waals surface area contributed by atoms with E-state index in [1.165, 1.54) is 59.6 Å². The molecule has 6 rings (SSSR count). The van der Waals surface area contributed by atoms with Crippen molar-refractivity contribution in [3.63, 3.8) is 0 Å². The molecule has 1 unspecified atom stereocenters. The summed E-state index contributed by atoms with van der Waals surface area (Å²) in [5, 5.41) is 61.7. The molecule has 0 heterocycles. The van der Waals surface area contributed by atoms with E-state index in [1.54, 1.807) is 120 Å². The minimum Gasteiger partial charge on any atom is -1.00 e. The van der Waals surface area contributed by atoms with Crippen LogP contribution in [0, 0.1) is 0 Å². The van der Waals surface area contributed by atoms with E-state index in [2.05, 4.69) is 82.8 Å². The molecular formula is C84H115AlBr3LiN4Na2O30. The van der Waals surface area contributed by atoms with Crippen molar-refractivity contribution in [3.8, 4) is 0 Å². The number of carboxylic acids is 2. The molecule has 0 aromatic heterocycles. The van der Waals surface area contributed by atoms with Crippen LogP contribution in [-0.4, -0.2) is 189 Å². The molecule has 0 saturated carbocycles. The number of benzene rings is 6. The van der Waals surface area contributed by atoms with Crippen molar-refractivity contribution in [2.24, 2.45) is 5.73 Å². The van der Waals surface area contributed by atoms with Gasteiger partial charge in [-0.15, -0.1) is 0 Å². The third kappa shape index (κ3) is 65.2. The summed E-state index contributed by atoms with van der Waals surface area (Å²) < 4.78 is 37.9. The monoisotopic (exact) mass is 1980 g/mol. The Morgan fingerprint density at radius 2 is 0.728 bits per heavy atom. The molecule has 0 aliphatic carbocycles. The Labute approximate surface area is 823 Å². The number of carboxylic acid groups (broad SMARTS) is 2. The summed E-state index contributed by atoms with van der Waals surface area (Å²) in [6.07, 6.45) is 0.389. The van der Waals surface area contributed by atoms with Gasteiger partial charge < -0.3 is 98.1 Å². The Morgan fingerprint density at radius 3 is 0.984 bits per heavy atom. The van der Waals surface area contributed by atoms with Crippen LogP contribution in [-0.2, 0) is 178 Å². The minimum atomic E-state index is -1.98. The number of alkyl halides is 3. The number of esters is 9. The summed E-state index contributed by atoms with van der Waals surface area (Å²) in [4.78, 5) is 166. The average Bonchev–Trinajstić information content (AvgIpc) is 0.790. The van der Waals surface area contributed by atoms with Crippen LogP contribution in [0.5, 0.6) is 0 Å². The topological polar surface area (TPSA) is 525 Å². The zero-order valence-electron chi connectivity index (χ0n) is 73.6. The third-order valence-corrected chi connectivity index (χ3v) is 16.1. The van der Waals surface area contributed by atoms with E-state index in [0.717, 1.165) is 60.5 Å². The molecule has 0 fully saturated rings. The number of carbonyl (C=O) groups excluding carboxylic acids is 13. The van der Waals surface area contributed by atoms with E-state index in [9.17, 15) is 67.1 Å². The van der Waals surface area contributed by atoms with Crippen LogP contribution in [0.3, 0.4) is 0 Å². The van der Waals surface area contributed by atoms with E-state index in [1.807, 2.05) is 60.7 Å². The second kappa shape index (κ2) is 80.5. The second-order valence-corrected chi connectivity index (χ2v) is 25.7. The second-order valence-electron chi connectivity index (χ2n) is 24.0. The summed E-state index contributed by atoms with van der Waals surface area (Å²) in [6.45, 7) is 18.1. The minimum absolute atomic E-state index is 0. The van der Waals surface area contributed by atoms with Gasteiger partial charge in [0.05, 0.1) is 58.4 Å². The van der Waals surface area contributed by atoms with Crippen molar-refractivity contribution in [2.75, 3.05) is 33.0 Å². The van der Waals surface area contributed by atoms with Gasteiger partial charge in [-0.05, 0) is 114 Å². The van der Waals surface area contributed by atoms with Gasteiger partial charge in [-0.2, -0.15) is 0 Å². The summed E-state index contributed by atoms with van der Waals surface area (Å²) in [7, 11) is 0. The largest absolute Gasteiger partial charge is 1.00 e.